The Morgan fingerprint density at radius 2 is 1.77 bits per heavy atom. The van der Waals surface area contributed by atoms with Gasteiger partial charge in [-0.25, -0.2) is 8.42 Å². The number of para-hydroxylation sites is 1. The van der Waals surface area contributed by atoms with Crippen molar-refractivity contribution in [1.29, 1.82) is 0 Å². The molecule has 1 aliphatic heterocycles. The SMILES string of the molecule is COc1ccc(C(O)Nc2ccccc2S(=O)(=O)N2CCOCC2)cc1. The molecule has 1 saturated heterocycles. The highest BCUT2D eigenvalue weighted by Crippen LogP contribution is 2.28. The van der Waals surface area contributed by atoms with Crippen LogP contribution >= 0.6 is 0 Å². The second-order valence-electron chi connectivity index (χ2n) is 5.83. The van der Waals surface area contributed by atoms with E-state index in [1.807, 2.05) is 0 Å². The van der Waals surface area contributed by atoms with Gasteiger partial charge < -0.3 is 19.9 Å². The smallest absolute Gasteiger partial charge is 0.245 e. The zero-order valence-electron chi connectivity index (χ0n) is 14.5. The van der Waals surface area contributed by atoms with E-state index in [0.29, 0.717) is 43.3 Å². The summed E-state index contributed by atoms with van der Waals surface area (Å²) in [6.07, 6.45) is -1.05. The molecular weight excluding hydrogens is 356 g/mol. The Morgan fingerprint density at radius 3 is 2.42 bits per heavy atom. The Bertz CT molecular complexity index is 833. The summed E-state index contributed by atoms with van der Waals surface area (Å²) in [6, 6.07) is 13.5. The monoisotopic (exact) mass is 378 g/mol. The molecule has 0 aliphatic carbocycles. The molecule has 3 rings (SSSR count). The van der Waals surface area contributed by atoms with Gasteiger partial charge in [0.05, 0.1) is 26.0 Å². The summed E-state index contributed by atoms with van der Waals surface area (Å²) in [5.74, 6) is 0.677. The van der Waals surface area contributed by atoms with Gasteiger partial charge in [-0.1, -0.05) is 24.3 Å². The van der Waals surface area contributed by atoms with Crippen molar-refractivity contribution in [2.75, 3.05) is 38.7 Å². The van der Waals surface area contributed by atoms with Crippen LogP contribution in [0, 0.1) is 0 Å². The van der Waals surface area contributed by atoms with Crippen LogP contribution < -0.4 is 10.1 Å². The molecular formula is C18H22N2O5S. The average molecular weight is 378 g/mol. The Balaban J connectivity index is 1.84. The molecule has 140 valence electrons. The molecule has 0 aromatic heterocycles. The Labute approximate surface area is 153 Å². The first-order valence-corrected chi connectivity index (χ1v) is 9.72. The lowest BCUT2D eigenvalue weighted by Crippen LogP contribution is -2.40. The van der Waals surface area contributed by atoms with Crippen LogP contribution in [0.15, 0.2) is 53.4 Å². The van der Waals surface area contributed by atoms with Crippen molar-refractivity contribution in [3.63, 3.8) is 0 Å². The number of hydrogen-bond acceptors (Lipinski definition) is 6. The van der Waals surface area contributed by atoms with E-state index in [1.54, 1.807) is 49.6 Å². The molecule has 1 fully saturated rings. The molecule has 1 aliphatic rings. The molecule has 0 spiro atoms. The van der Waals surface area contributed by atoms with E-state index < -0.39 is 16.3 Å². The van der Waals surface area contributed by atoms with Gasteiger partial charge in [-0.05, 0) is 24.3 Å². The molecule has 0 amide bonds. The maximum absolute atomic E-state index is 12.9. The first kappa shape index (κ1) is 18.7. The summed E-state index contributed by atoms with van der Waals surface area (Å²) < 4.78 is 37.6. The van der Waals surface area contributed by atoms with Gasteiger partial charge in [0.15, 0.2) is 6.23 Å². The lowest BCUT2D eigenvalue weighted by Gasteiger charge is -2.27. The predicted octanol–water partition coefficient (Wildman–Crippen LogP) is 1.82. The highest BCUT2D eigenvalue weighted by atomic mass is 32.2. The summed E-state index contributed by atoms with van der Waals surface area (Å²) in [7, 11) is -2.11. The minimum atomic E-state index is -3.67. The van der Waals surface area contributed by atoms with Gasteiger partial charge in [-0.2, -0.15) is 4.31 Å². The minimum Gasteiger partial charge on any atom is -0.497 e. The standard InChI is InChI=1S/C18H22N2O5S/c1-24-15-8-6-14(7-9-15)18(21)19-16-4-2-3-5-17(16)26(22,23)20-10-12-25-13-11-20/h2-9,18-19,21H,10-13H2,1H3. The number of rotatable bonds is 6. The number of aliphatic hydroxyl groups excluding tert-OH is 1. The predicted molar refractivity (Wildman–Crippen MR) is 97.6 cm³/mol. The molecule has 26 heavy (non-hydrogen) atoms. The maximum atomic E-state index is 12.9. The van der Waals surface area contributed by atoms with Crippen molar-refractivity contribution in [2.24, 2.45) is 0 Å². The number of nitrogens with one attached hydrogen (secondary N) is 1. The number of sulfonamides is 1. The Morgan fingerprint density at radius 1 is 1.12 bits per heavy atom. The molecule has 8 heteroatoms. The molecule has 2 aromatic carbocycles. The van der Waals surface area contributed by atoms with E-state index in [0.717, 1.165) is 0 Å². The number of morpholine rings is 1. The zero-order chi connectivity index (χ0) is 18.6. The van der Waals surface area contributed by atoms with Crippen molar-refractivity contribution < 1.29 is 23.0 Å². The van der Waals surface area contributed by atoms with Gasteiger partial charge >= 0.3 is 0 Å². The lowest BCUT2D eigenvalue weighted by molar-refractivity contribution is 0.0730. The van der Waals surface area contributed by atoms with Gasteiger partial charge in [0.1, 0.15) is 10.6 Å². The number of nitrogens with zero attached hydrogens (tertiary/aromatic N) is 1. The van der Waals surface area contributed by atoms with E-state index in [4.69, 9.17) is 9.47 Å². The van der Waals surface area contributed by atoms with Gasteiger partial charge in [0, 0.05) is 18.7 Å². The molecule has 0 bridgehead atoms. The number of methoxy groups -OCH3 is 1. The van der Waals surface area contributed by atoms with Gasteiger partial charge in [-0.3, -0.25) is 0 Å². The molecule has 7 nitrogen and oxygen atoms in total. The van der Waals surface area contributed by atoms with Crippen LogP contribution in [0.4, 0.5) is 5.69 Å². The third-order valence-electron chi connectivity index (χ3n) is 4.20. The number of aliphatic hydroxyl groups is 1. The van der Waals surface area contributed by atoms with Crippen molar-refractivity contribution in [1.82, 2.24) is 4.31 Å². The van der Waals surface area contributed by atoms with E-state index in [-0.39, 0.29) is 4.90 Å². The van der Waals surface area contributed by atoms with E-state index in [2.05, 4.69) is 5.32 Å². The fraction of sp³-hybridized carbons (Fsp3) is 0.333. The molecule has 0 saturated carbocycles. The number of ether oxygens (including phenoxy) is 2. The highest BCUT2D eigenvalue weighted by molar-refractivity contribution is 7.89. The molecule has 1 unspecified atom stereocenters. The van der Waals surface area contributed by atoms with E-state index >= 15 is 0 Å². The highest BCUT2D eigenvalue weighted by Gasteiger charge is 2.28. The first-order valence-electron chi connectivity index (χ1n) is 8.28. The zero-order valence-corrected chi connectivity index (χ0v) is 15.3. The first-order chi connectivity index (χ1) is 12.5. The Hall–Kier alpha value is -2.13. The fourth-order valence-corrected chi connectivity index (χ4v) is 4.32. The van der Waals surface area contributed by atoms with Gasteiger partial charge in [-0.15, -0.1) is 0 Å². The second kappa shape index (κ2) is 8.05. The topological polar surface area (TPSA) is 88.1 Å². The van der Waals surface area contributed by atoms with Gasteiger partial charge in [0.25, 0.3) is 0 Å². The van der Waals surface area contributed by atoms with Crippen LogP contribution in [-0.2, 0) is 14.8 Å². The van der Waals surface area contributed by atoms with E-state index in [1.165, 1.54) is 10.4 Å². The van der Waals surface area contributed by atoms with Crippen molar-refractivity contribution in [3.05, 3.63) is 54.1 Å². The number of benzene rings is 2. The summed E-state index contributed by atoms with van der Waals surface area (Å²) in [4.78, 5) is 0.134. The van der Waals surface area contributed by atoms with Crippen LogP contribution in [0.5, 0.6) is 5.75 Å². The molecule has 0 radical (unpaired) electrons. The van der Waals surface area contributed by atoms with Crippen molar-refractivity contribution >= 4 is 15.7 Å². The molecule has 1 heterocycles. The molecule has 1 atom stereocenters. The number of hydrogen-bond donors (Lipinski definition) is 2. The van der Waals surface area contributed by atoms with Crippen molar-refractivity contribution in [2.45, 2.75) is 11.1 Å². The minimum absolute atomic E-state index is 0.134. The normalized spacial score (nSPS) is 16.8. The Kier molecular flexibility index (Phi) is 5.77. The van der Waals surface area contributed by atoms with Crippen molar-refractivity contribution in [3.8, 4) is 5.75 Å². The summed E-state index contributed by atoms with van der Waals surface area (Å²) >= 11 is 0. The largest absolute Gasteiger partial charge is 0.497 e. The quantitative estimate of drug-likeness (QED) is 0.746. The fourth-order valence-electron chi connectivity index (χ4n) is 2.75. The number of anilines is 1. The summed E-state index contributed by atoms with van der Waals surface area (Å²) in [5, 5.41) is 13.3. The van der Waals surface area contributed by atoms with Crippen LogP contribution in [-0.4, -0.2) is 51.2 Å². The summed E-state index contributed by atoms with van der Waals surface area (Å²) in [6.45, 7) is 1.39. The lowest BCUT2D eigenvalue weighted by atomic mass is 10.2. The molecule has 2 N–H and O–H groups in total. The van der Waals surface area contributed by atoms with Crippen LogP contribution in [0.2, 0.25) is 0 Å². The van der Waals surface area contributed by atoms with E-state index in [9.17, 15) is 13.5 Å². The second-order valence-corrected chi connectivity index (χ2v) is 7.74. The summed E-state index contributed by atoms with van der Waals surface area (Å²) in [5.41, 5.74) is 0.951. The molecule has 2 aromatic rings. The van der Waals surface area contributed by atoms with Crippen LogP contribution in [0.3, 0.4) is 0 Å². The average Bonchev–Trinajstić information content (AvgIpc) is 2.69. The van der Waals surface area contributed by atoms with Gasteiger partial charge in [0.2, 0.25) is 10.0 Å². The third-order valence-corrected chi connectivity index (χ3v) is 6.16. The third kappa shape index (κ3) is 3.99. The maximum Gasteiger partial charge on any atom is 0.245 e. The van der Waals surface area contributed by atoms with Crippen LogP contribution in [0.25, 0.3) is 0 Å². The van der Waals surface area contributed by atoms with Crippen LogP contribution in [0.1, 0.15) is 11.8 Å².